The number of imidazole rings is 1. The Morgan fingerprint density at radius 3 is 2.57 bits per heavy atom. The molecule has 186 valence electrons. The minimum Gasteiger partial charge on any atom is -0.394 e. The number of alkyl halides is 3. The zero-order valence-corrected chi connectivity index (χ0v) is 18.9. The van der Waals surface area contributed by atoms with Crippen molar-refractivity contribution in [3.63, 3.8) is 0 Å². The molecule has 8 nitrogen and oxygen atoms in total. The maximum absolute atomic E-state index is 13.0. The van der Waals surface area contributed by atoms with Gasteiger partial charge in [-0.3, -0.25) is 9.59 Å². The van der Waals surface area contributed by atoms with E-state index in [1.54, 1.807) is 24.1 Å². The molecule has 1 fully saturated rings. The normalized spacial score (nSPS) is 18.0. The SMILES string of the molecule is CN1CCC(c2cc3[nH]/c(=N/C(=O)c4cccc(C(F)(F)F)c4)[nH]c3cc2CCC(O)CO)C1=O. The smallest absolute Gasteiger partial charge is 0.394 e. The third-order valence-electron chi connectivity index (χ3n) is 6.20. The monoisotopic (exact) mass is 490 g/mol. The molecule has 1 aliphatic rings. The summed E-state index contributed by atoms with van der Waals surface area (Å²) in [7, 11) is 1.73. The van der Waals surface area contributed by atoms with Gasteiger partial charge in [0.1, 0.15) is 0 Å². The molecule has 0 spiro atoms. The van der Waals surface area contributed by atoms with Crippen LogP contribution in [0.4, 0.5) is 13.2 Å². The molecule has 1 saturated heterocycles. The van der Waals surface area contributed by atoms with Crippen LogP contribution in [0.25, 0.3) is 11.0 Å². The number of rotatable bonds is 6. The van der Waals surface area contributed by atoms with E-state index in [9.17, 15) is 27.9 Å². The van der Waals surface area contributed by atoms with E-state index in [0.29, 0.717) is 36.8 Å². The third kappa shape index (κ3) is 5.30. The Labute approximate surface area is 198 Å². The number of carbonyl (C=O) groups excluding carboxylic acids is 2. The molecule has 35 heavy (non-hydrogen) atoms. The molecule has 4 N–H and O–H groups in total. The van der Waals surface area contributed by atoms with E-state index < -0.39 is 23.8 Å². The molecule has 1 aliphatic heterocycles. The number of carbonyl (C=O) groups is 2. The lowest BCUT2D eigenvalue weighted by molar-refractivity contribution is -0.137. The molecule has 2 unspecified atom stereocenters. The number of aromatic nitrogens is 2. The Kier molecular flexibility index (Phi) is 6.82. The first kappa shape index (κ1) is 24.7. The summed E-state index contributed by atoms with van der Waals surface area (Å²) in [4.78, 5) is 36.6. The molecule has 0 aliphatic carbocycles. The summed E-state index contributed by atoms with van der Waals surface area (Å²) in [5, 5.41) is 19.0. The zero-order chi connectivity index (χ0) is 25.3. The Balaban J connectivity index is 1.72. The van der Waals surface area contributed by atoms with Crippen molar-refractivity contribution in [3.05, 3.63) is 64.3 Å². The van der Waals surface area contributed by atoms with Crippen LogP contribution in [0.15, 0.2) is 41.4 Å². The van der Waals surface area contributed by atoms with Gasteiger partial charge in [0.2, 0.25) is 11.5 Å². The summed E-state index contributed by atoms with van der Waals surface area (Å²) in [6.45, 7) is 0.239. The molecule has 2 atom stereocenters. The maximum atomic E-state index is 13.0. The van der Waals surface area contributed by atoms with Gasteiger partial charge >= 0.3 is 6.18 Å². The number of aliphatic hydroxyl groups is 2. The number of halogens is 3. The molecule has 2 amide bonds. The van der Waals surface area contributed by atoms with Crippen LogP contribution in [0.1, 0.15) is 45.8 Å². The van der Waals surface area contributed by atoms with E-state index in [0.717, 1.165) is 29.3 Å². The van der Waals surface area contributed by atoms with Gasteiger partial charge in [-0.25, -0.2) is 0 Å². The fourth-order valence-corrected chi connectivity index (χ4v) is 4.27. The molecule has 11 heteroatoms. The van der Waals surface area contributed by atoms with Crippen molar-refractivity contribution in [2.45, 2.75) is 37.5 Å². The van der Waals surface area contributed by atoms with Crippen molar-refractivity contribution in [2.24, 2.45) is 4.99 Å². The highest BCUT2D eigenvalue weighted by molar-refractivity contribution is 5.95. The number of nitrogens with one attached hydrogen (secondary N) is 2. The standard InChI is InChI=1S/C24H25F3N4O4/c1-31-8-7-17(22(31)35)18-11-20-19(10-13(18)5-6-16(33)12-32)28-23(29-20)30-21(34)14-3-2-4-15(9-14)24(25,26)27/h2-4,9-11,16-17,32-33H,5-8,12H2,1H3,(H2,28,29,30,34). The number of aryl methyl sites for hydroxylation is 1. The van der Waals surface area contributed by atoms with Crippen molar-refractivity contribution >= 4 is 22.8 Å². The van der Waals surface area contributed by atoms with Crippen molar-refractivity contribution < 1.29 is 33.0 Å². The first-order chi connectivity index (χ1) is 16.6. The van der Waals surface area contributed by atoms with Gasteiger partial charge in [-0.2, -0.15) is 18.2 Å². The van der Waals surface area contributed by atoms with E-state index in [4.69, 9.17) is 5.11 Å². The van der Waals surface area contributed by atoms with Gasteiger partial charge in [-0.15, -0.1) is 0 Å². The molecular formula is C24H25F3N4O4. The number of aromatic amines is 2. The van der Waals surface area contributed by atoms with E-state index in [1.807, 2.05) is 0 Å². The lowest BCUT2D eigenvalue weighted by atomic mass is 9.90. The first-order valence-electron chi connectivity index (χ1n) is 11.1. The molecule has 1 aromatic heterocycles. The lowest BCUT2D eigenvalue weighted by Crippen LogP contribution is -2.22. The number of aliphatic hydroxyl groups excluding tert-OH is 2. The van der Waals surface area contributed by atoms with E-state index in [2.05, 4.69) is 15.0 Å². The number of nitrogens with zero attached hydrogens (tertiary/aromatic N) is 2. The number of amides is 2. The quantitative estimate of drug-likeness (QED) is 0.424. The topological polar surface area (TPSA) is 122 Å². The van der Waals surface area contributed by atoms with Gasteiger partial charge in [0.05, 0.1) is 35.2 Å². The van der Waals surface area contributed by atoms with Gasteiger partial charge in [-0.05, 0) is 60.7 Å². The minimum absolute atomic E-state index is 0.0199. The highest BCUT2D eigenvalue weighted by Gasteiger charge is 2.32. The molecule has 0 bridgehead atoms. The van der Waals surface area contributed by atoms with E-state index in [-0.39, 0.29) is 29.6 Å². The van der Waals surface area contributed by atoms with Crippen molar-refractivity contribution in [3.8, 4) is 0 Å². The van der Waals surface area contributed by atoms with Gasteiger partial charge in [0.15, 0.2) is 0 Å². The molecule has 4 rings (SSSR count). The fourth-order valence-electron chi connectivity index (χ4n) is 4.27. The van der Waals surface area contributed by atoms with Crippen LogP contribution < -0.4 is 5.62 Å². The van der Waals surface area contributed by atoms with E-state index >= 15 is 0 Å². The molecule has 0 saturated carbocycles. The number of hydrogen-bond acceptors (Lipinski definition) is 4. The van der Waals surface area contributed by atoms with Crippen molar-refractivity contribution in [2.75, 3.05) is 20.2 Å². The molecule has 0 radical (unpaired) electrons. The molecule has 2 heterocycles. The number of likely N-dealkylation sites (tertiary alicyclic amines) is 1. The predicted molar refractivity (Wildman–Crippen MR) is 120 cm³/mol. The van der Waals surface area contributed by atoms with Crippen LogP contribution in [0, 0.1) is 0 Å². The Hall–Kier alpha value is -3.44. The lowest BCUT2D eigenvalue weighted by Gasteiger charge is -2.16. The maximum Gasteiger partial charge on any atom is 0.416 e. The Morgan fingerprint density at radius 1 is 1.23 bits per heavy atom. The number of benzene rings is 2. The second kappa shape index (κ2) is 9.67. The van der Waals surface area contributed by atoms with Crippen LogP contribution in [0.3, 0.4) is 0 Å². The molecule has 3 aromatic rings. The van der Waals surface area contributed by atoms with Crippen LogP contribution in [-0.2, 0) is 17.4 Å². The minimum atomic E-state index is -4.58. The van der Waals surface area contributed by atoms with Crippen LogP contribution >= 0.6 is 0 Å². The van der Waals surface area contributed by atoms with Crippen molar-refractivity contribution in [1.29, 1.82) is 0 Å². The molecular weight excluding hydrogens is 465 g/mol. The Bertz CT molecular complexity index is 1330. The highest BCUT2D eigenvalue weighted by Crippen LogP contribution is 2.33. The summed E-state index contributed by atoms with van der Waals surface area (Å²) >= 11 is 0. The Morgan fingerprint density at radius 2 is 1.94 bits per heavy atom. The molecule has 2 aromatic carbocycles. The second-order valence-electron chi connectivity index (χ2n) is 8.67. The van der Waals surface area contributed by atoms with Crippen LogP contribution in [0.2, 0.25) is 0 Å². The average Bonchev–Trinajstić information content (AvgIpc) is 3.37. The number of hydrogen-bond donors (Lipinski definition) is 4. The number of likely N-dealkylation sites (N-methyl/N-ethyl adjacent to an activating group) is 1. The summed E-state index contributed by atoms with van der Waals surface area (Å²) in [6, 6.07) is 7.63. The zero-order valence-electron chi connectivity index (χ0n) is 18.9. The third-order valence-corrected chi connectivity index (χ3v) is 6.20. The van der Waals surface area contributed by atoms with Crippen molar-refractivity contribution in [1.82, 2.24) is 14.9 Å². The average molecular weight is 490 g/mol. The largest absolute Gasteiger partial charge is 0.416 e. The number of fused-ring (bicyclic) bond motifs is 1. The summed E-state index contributed by atoms with van der Waals surface area (Å²) < 4.78 is 38.9. The second-order valence-corrected chi connectivity index (χ2v) is 8.67. The van der Waals surface area contributed by atoms with Gasteiger partial charge in [-0.1, -0.05) is 6.07 Å². The number of H-pyrrole nitrogens is 2. The predicted octanol–water partition coefficient (Wildman–Crippen LogP) is 2.49. The fraction of sp³-hybridized carbons (Fsp3) is 0.375. The van der Waals surface area contributed by atoms with Crippen LogP contribution in [0.5, 0.6) is 0 Å². The van der Waals surface area contributed by atoms with Gasteiger partial charge in [0.25, 0.3) is 5.91 Å². The first-order valence-corrected chi connectivity index (χ1v) is 11.1. The highest BCUT2D eigenvalue weighted by atomic mass is 19.4. The summed E-state index contributed by atoms with van der Waals surface area (Å²) in [6.07, 6.45) is -4.14. The van der Waals surface area contributed by atoms with Gasteiger partial charge < -0.3 is 25.1 Å². The van der Waals surface area contributed by atoms with Crippen LogP contribution in [-0.4, -0.2) is 63.2 Å². The van der Waals surface area contributed by atoms with E-state index in [1.165, 1.54) is 6.07 Å². The van der Waals surface area contributed by atoms with Gasteiger partial charge in [0, 0.05) is 19.2 Å². The summed E-state index contributed by atoms with van der Waals surface area (Å²) in [5.41, 5.74) is 1.65. The summed E-state index contributed by atoms with van der Waals surface area (Å²) in [5.74, 6) is -1.23.